The van der Waals surface area contributed by atoms with Gasteiger partial charge in [0.15, 0.2) is 0 Å². The van der Waals surface area contributed by atoms with Crippen LogP contribution in [0, 0.1) is 0 Å². The average Bonchev–Trinajstić information content (AvgIpc) is 2.27. The Morgan fingerprint density at radius 1 is 1.50 bits per heavy atom. The number of nitrogens with two attached hydrogens (primary N) is 1. The normalized spacial score (nSPS) is 22.7. The summed E-state index contributed by atoms with van der Waals surface area (Å²) < 4.78 is 31.6. The summed E-state index contributed by atoms with van der Waals surface area (Å²) in [5.41, 5.74) is 5.57. The molecule has 1 heterocycles. The number of nitrogens with zero attached hydrogens (tertiary/aromatic N) is 2. The monoisotopic (exact) mass is 280 g/mol. The number of hydrogen-bond donors (Lipinski definition) is 2. The van der Waals surface area contributed by atoms with Gasteiger partial charge in [-0.25, -0.2) is 9.52 Å². The number of rotatable bonds is 4. The molecule has 0 aromatic rings. The molecule has 1 unspecified atom stereocenters. The Labute approximate surface area is 107 Å². The summed E-state index contributed by atoms with van der Waals surface area (Å²) in [6.07, 6.45) is -0.966. The zero-order valence-corrected chi connectivity index (χ0v) is 11.4. The molecule has 18 heavy (non-hydrogen) atoms. The zero-order valence-electron chi connectivity index (χ0n) is 10.6. The van der Waals surface area contributed by atoms with E-state index in [1.165, 1.54) is 4.31 Å². The molecule has 8 nitrogen and oxygen atoms in total. The quantitative estimate of drug-likeness (QED) is 0.653. The third-order valence-corrected chi connectivity index (χ3v) is 4.22. The van der Waals surface area contributed by atoms with E-state index in [1.807, 2.05) is 16.7 Å². The summed E-state index contributed by atoms with van der Waals surface area (Å²) in [5.74, 6) is 0. The fourth-order valence-electron chi connectivity index (χ4n) is 1.83. The lowest BCUT2D eigenvalue weighted by atomic mass is 10.2. The Bertz CT molecular complexity index is 386. The van der Waals surface area contributed by atoms with Gasteiger partial charge in [-0.1, -0.05) is 0 Å². The van der Waals surface area contributed by atoms with Crippen LogP contribution >= 0.6 is 0 Å². The van der Waals surface area contributed by atoms with Crippen molar-refractivity contribution in [1.82, 2.24) is 13.9 Å². The number of ether oxygens (including phenoxy) is 1. The van der Waals surface area contributed by atoms with E-state index in [1.54, 1.807) is 6.92 Å². The maximum absolute atomic E-state index is 12.0. The van der Waals surface area contributed by atoms with Crippen molar-refractivity contribution in [3.05, 3.63) is 0 Å². The third-order valence-electron chi connectivity index (χ3n) is 2.70. The van der Waals surface area contributed by atoms with Gasteiger partial charge in [-0.05, 0) is 14.0 Å². The highest BCUT2D eigenvalue weighted by atomic mass is 32.2. The molecule has 1 rings (SSSR count). The summed E-state index contributed by atoms with van der Waals surface area (Å²) in [7, 11) is -1.99. The highest BCUT2D eigenvalue weighted by Crippen LogP contribution is 2.11. The molecule has 1 aliphatic heterocycles. The van der Waals surface area contributed by atoms with Gasteiger partial charge in [0.2, 0.25) is 0 Å². The second kappa shape index (κ2) is 6.32. The van der Waals surface area contributed by atoms with Gasteiger partial charge < -0.3 is 15.4 Å². The van der Waals surface area contributed by atoms with Gasteiger partial charge in [-0.15, -0.1) is 0 Å². The molecule has 1 aliphatic rings. The second-order valence-corrected chi connectivity index (χ2v) is 5.71. The van der Waals surface area contributed by atoms with E-state index >= 15 is 0 Å². The Morgan fingerprint density at radius 3 is 2.72 bits per heavy atom. The molecular formula is C9H20N4O4S. The van der Waals surface area contributed by atoms with Gasteiger partial charge >= 0.3 is 16.3 Å². The molecule has 3 N–H and O–H groups in total. The fraction of sp³-hybridized carbons (Fsp3) is 0.889. The van der Waals surface area contributed by atoms with Crippen molar-refractivity contribution in [1.29, 1.82) is 0 Å². The average molecular weight is 280 g/mol. The summed E-state index contributed by atoms with van der Waals surface area (Å²) >= 11 is 0. The molecule has 1 saturated heterocycles. The molecular weight excluding hydrogens is 260 g/mol. The van der Waals surface area contributed by atoms with Crippen LogP contribution in [0.2, 0.25) is 0 Å². The number of nitrogens with one attached hydrogen (secondary N) is 1. The number of carbonyl (C=O) groups excluding carboxylic acids is 1. The lowest BCUT2D eigenvalue weighted by molar-refractivity contribution is 0.150. The highest BCUT2D eigenvalue weighted by Gasteiger charge is 2.34. The van der Waals surface area contributed by atoms with Crippen LogP contribution in [0.15, 0.2) is 0 Å². The minimum Gasteiger partial charge on any atom is -0.449 e. The van der Waals surface area contributed by atoms with Crippen molar-refractivity contribution in [3.63, 3.8) is 0 Å². The third kappa shape index (κ3) is 3.80. The van der Waals surface area contributed by atoms with Crippen LogP contribution in [0.4, 0.5) is 4.79 Å². The molecule has 9 heteroatoms. The van der Waals surface area contributed by atoms with Crippen molar-refractivity contribution in [2.24, 2.45) is 5.73 Å². The predicted molar refractivity (Wildman–Crippen MR) is 66.1 cm³/mol. The summed E-state index contributed by atoms with van der Waals surface area (Å²) in [5, 5.41) is 0. The zero-order chi connectivity index (χ0) is 13.8. The van der Waals surface area contributed by atoms with Gasteiger partial charge in [0.1, 0.15) is 0 Å². The Kier molecular flexibility index (Phi) is 5.32. The van der Waals surface area contributed by atoms with Crippen LogP contribution < -0.4 is 10.5 Å². The molecule has 1 atom stereocenters. The fourth-order valence-corrected chi connectivity index (χ4v) is 3.08. The molecule has 0 radical (unpaired) electrons. The van der Waals surface area contributed by atoms with E-state index < -0.39 is 16.3 Å². The first-order valence-corrected chi connectivity index (χ1v) is 7.19. The van der Waals surface area contributed by atoms with Crippen molar-refractivity contribution < 1.29 is 17.9 Å². The van der Waals surface area contributed by atoms with Crippen LogP contribution in [0.5, 0.6) is 0 Å². The van der Waals surface area contributed by atoms with Crippen LogP contribution in [-0.2, 0) is 14.9 Å². The minimum atomic E-state index is -3.89. The topological polar surface area (TPSA) is 105 Å². The summed E-state index contributed by atoms with van der Waals surface area (Å²) in [6.45, 7) is 3.36. The largest absolute Gasteiger partial charge is 0.449 e. The lowest BCUT2D eigenvalue weighted by Crippen LogP contribution is -2.59. The van der Waals surface area contributed by atoms with Crippen molar-refractivity contribution in [2.45, 2.75) is 13.0 Å². The van der Waals surface area contributed by atoms with Crippen LogP contribution in [0.25, 0.3) is 0 Å². The first-order chi connectivity index (χ1) is 8.40. The van der Waals surface area contributed by atoms with E-state index in [4.69, 9.17) is 5.73 Å². The molecule has 0 aliphatic carbocycles. The highest BCUT2D eigenvalue weighted by molar-refractivity contribution is 7.87. The molecule has 0 saturated carbocycles. The van der Waals surface area contributed by atoms with Gasteiger partial charge in [0, 0.05) is 26.2 Å². The summed E-state index contributed by atoms with van der Waals surface area (Å²) in [6, 6.07) is -0.337. The lowest BCUT2D eigenvalue weighted by Gasteiger charge is -2.37. The first-order valence-electron chi connectivity index (χ1n) is 5.75. The van der Waals surface area contributed by atoms with E-state index in [0.717, 1.165) is 0 Å². The first kappa shape index (κ1) is 15.2. The van der Waals surface area contributed by atoms with Crippen LogP contribution in [0.1, 0.15) is 6.92 Å². The number of piperazine rings is 1. The molecule has 0 aromatic carbocycles. The number of hydrogen-bond acceptors (Lipinski definition) is 6. The van der Waals surface area contributed by atoms with Gasteiger partial charge in [-0.3, -0.25) is 0 Å². The molecule has 0 aromatic heterocycles. The summed E-state index contributed by atoms with van der Waals surface area (Å²) in [4.78, 5) is 13.2. The van der Waals surface area contributed by atoms with Gasteiger partial charge in [0.25, 0.3) is 0 Å². The molecule has 106 valence electrons. The van der Waals surface area contributed by atoms with E-state index in [-0.39, 0.29) is 19.2 Å². The molecule has 0 bridgehead atoms. The second-order valence-electron chi connectivity index (χ2n) is 4.09. The van der Waals surface area contributed by atoms with Crippen LogP contribution in [-0.4, -0.2) is 69.6 Å². The van der Waals surface area contributed by atoms with Gasteiger partial charge in [0.05, 0.1) is 12.6 Å². The number of likely N-dealkylation sites (N-methyl/N-ethyl adjacent to an activating group) is 1. The maximum atomic E-state index is 12.0. The number of carbonyl (C=O) groups is 1. The Morgan fingerprint density at radius 2 is 2.17 bits per heavy atom. The maximum Gasteiger partial charge on any atom is 0.421 e. The molecule has 0 spiro atoms. The standard InChI is InChI=1S/C9H20N4O4S/c1-3-17-9(14)11-18(15,16)13-5-4-12(2)7-8(13)6-10/h8H,3-7,10H2,1-2H3,(H,11,14). The molecule has 1 fully saturated rings. The van der Waals surface area contributed by atoms with E-state index in [2.05, 4.69) is 4.74 Å². The smallest absolute Gasteiger partial charge is 0.421 e. The molecule has 1 amide bonds. The van der Waals surface area contributed by atoms with Crippen molar-refractivity contribution in [3.8, 4) is 0 Å². The van der Waals surface area contributed by atoms with Crippen LogP contribution in [0.3, 0.4) is 0 Å². The Balaban J connectivity index is 2.74. The minimum absolute atomic E-state index is 0.115. The SMILES string of the molecule is CCOC(=O)NS(=O)(=O)N1CCN(C)CC1CN. The van der Waals surface area contributed by atoms with Crippen molar-refractivity contribution in [2.75, 3.05) is 39.8 Å². The van der Waals surface area contributed by atoms with Gasteiger partial charge in [-0.2, -0.15) is 12.7 Å². The number of amides is 1. The van der Waals surface area contributed by atoms with E-state index in [0.29, 0.717) is 19.6 Å². The Hall–Kier alpha value is -0.900. The predicted octanol–water partition coefficient (Wildman–Crippen LogP) is -1.45. The van der Waals surface area contributed by atoms with E-state index in [9.17, 15) is 13.2 Å². The van der Waals surface area contributed by atoms with Crippen molar-refractivity contribution >= 4 is 16.3 Å².